The van der Waals surface area contributed by atoms with Crippen LogP contribution in [0.4, 0.5) is 4.79 Å². The maximum atomic E-state index is 12.7. The van der Waals surface area contributed by atoms with Crippen LogP contribution in [0.25, 0.3) is 11.1 Å². The standard InChI is InChI=1S/C27H30N2O5/c30-24(31)14-23(25(32)28-15-17-6-5-11-27(17)12-13-27)29-26(33)34-16-22-20-9-3-1-7-18(20)19-8-2-4-10-21(19)22/h1-4,7-10,17,22-23H,5-6,11-16H2,(H,28,32)(H,29,33)(H,30,31). The maximum absolute atomic E-state index is 12.7. The zero-order valence-corrected chi connectivity index (χ0v) is 19.1. The first-order chi connectivity index (χ1) is 16.5. The van der Waals surface area contributed by atoms with Crippen LogP contribution in [0.2, 0.25) is 0 Å². The van der Waals surface area contributed by atoms with Crippen molar-refractivity contribution >= 4 is 18.0 Å². The average molecular weight is 463 g/mol. The number of hydrogen-bond acceptors (Lipinski definition) is 4. The van der Waals surface area contributed by atoms with Crippen molar-refractivity contribution in [1.82, 2.24) is 10.6 Å². The van der Waals surface area contributed by atoms with Crippen molar-refractivity contribution in [3.8, 4) is 11.1 Å². The second-order valence-corrected chi connectivity index (χ2v) is 9.82. The number of alkyl carbamates (subject to hydrolysis) is 1. The van der Waals surface area contributed by atoms with Gasteiger partial charge in [-0.1, -0.05) is 55.0 Å². The summed E-state index contributed by atoms with van der Waals surface area (Å²) in [5.41, 5.74) is 4.80. The molecule has 3 aliphatic rings. The highest BCUT2D eigenvalue weighted by Gasteiger charge is 2.51. The summed E-state index contributed by atoms with van der Waals surface area (Å²) in [5.74, 6) is -1.30. The molecule has 178 valence electrons. The SMILES string of the molecule is O=C(O)CC(NC(=O)OCC1c2ccccc2-c2ccccc21)C(=O)NCC1CCCC12CC2. The van der Waals surface area contributed by atoms with Crippen molar-refractivity contribution in [2.75, 3.05) is 13.2 Å². The molecule has 34 heavy (non-hydrogen) atoms. The highest BCUT2D eigenvalue weighted by molar-refractivity contribution is 5.89. The molecule has 7 heteroatoms. The lowest BCUT2D eigenvalue weighted by atomic mass is 9.93. The highest BCUT2D eigenvalue weighted by atomic mass is 16.5. The summed E-state index contributed by atoms with van der Waals surface area (Å²) in [7, 11) is 0. The van der Waals surface area contributed by atoms with Crippen molar-refractivity contribution in [2.45, 2.75) is 50.5 Å². The van der Waals surface area contributed by atoms with Crippen molar-refractivity contribution in [3.05, 3.63) is 59.7 Å². The first kappa shape index (κ1) is 22.4. The van der Waals surface area contributed by atoms with Gasteiger partial charge >= 0.3 is 12.1 Å². The molecule has 2 fully saturated rings. The monoisotopic (exact) mass is 462 g/mol. The van der Waals surface area contributed by atoms with E-state index in [1.54, 1.807) is 0 Å². The summed E-state index contributed by atoms with van der Waals surface area (Å²) in [6.07, 6.45) is 4.62. The summed E-state index contributed by atoms with van der Waals surface area (Å²) in [5, 5.41) is 14.6. The second-order valence-electron chi connectivity index (χ2n) is 9.82. The topological polar surface area (TPSA) is 105 Å². The van der Waals surface area contributed by atoms with Crippen LogP contribution in [0.1, 0.15) is 55.6 Å². The number of rotatable bonds is 8. The minimum absolute atomic E-state index is 0.103. The Morgan fingerprint density at radius 3 is 2.26 bits per heavy atom. The lowest BCUT2D eigenvalue weighted by Crippen LogP contribution is -2.49. The lowest BCUT2D eigenvalue weighted by Gasteiger charge is -2.22. The van der Waals surface area contributed by atoms with Gasteiger partial charge in [0.25, 0.3) is 0 Å². The minimum atomic E-state index is -1.18. The fraction of sp³-hybridized carbons (Fsp3) is 0.444. The number of benzene rings is 2. The molecule has 0 radical (unpaired) electrons. The molecule has 2 amide bonds. The van der Waals surface area contributed by atoms with E-state index < -0.39 is 30.4 Å². The molecule has 2 saturated carbocycles. The largest absolute Gasteiger partial charge is 0.481 e. The van der Waals surface area contributed by atoms with Gasteiger partial charge in [-0.25, -0.2) is 4.79 Å². The lowest BCUT2D eigenvalue weighted by molar-refractivity contribution is -0.139. The number of carbonyl (C=O) groups excluding carboxylic acids is 2. The van der Waals surface area contributed by atoms with Crippen molar-refractivity contribution in [3.63, 3.8) is 0 Å². The predicted molar refractivity (Wildman–Crippen MR) is 126 cm³/mol. The third-order valence-corrected chi connectivity index (χ3v) is 7.84. The molecule has 3 N–H and O–H groups in total. The Morgan fingerprint density at radius 2 is 1.65 bits per heavy atom. The third kappa shape index (κ3) is 4.39. The molecular formula is C27H30N2O5. The Balaban J connectivity index is 1.19. The van der Waals surface area contributed by atoms with Crippen LogP contribution in [0, 0.1) is 11.3 Å². The molecule has 0 bridgehead atoms. The number of carbonyl (C=O) groups is 3. The molecule has 1 spiro atoms. The van der Waals surface area contributed by atoms with E-state index in [-0.39, 0.29) is 12.5 Å². The van der Waals surface area contributed by atoms with Gasteiger partial charge in [0, 0.05) is 12.5 Å². The van der Waals surface area contributed by atoms with Gasteiger partial charge in [-0.15, -0.1) is 0 Å². The molecule has 7 nitrogen and oxygen atoms in total. The number of carboxylic acids is 1. The van der Waals surface area contributed by atoms with Gasteiger partial charge < -0.3 is 20.5 Å². The fourth-order valence-electron chi connectivity index (χ4n) is 5.86. The summed E-state index contributed by atoms with van der Waals surface area (Å²) >= 11 is 0. The zero-order chi connectivity index (χ0) is 23.7. The molecule has 0 aromatic heterocycles. The number of carboxylic acid groups (broad SMARTS) is 1. The van der Waals surface area contributed by atoms with Crippen LogP contribution in [0.5, 0.6) is 0 Å². The van der Waals surface area contributed by atoms with Gasteiger partial charge in [0.1, 0.15) is 12.6 Å². The molecular weight excluding hydrogens is 432 g/mol. The van der Waals surface area contributed by atoms with Gasteiger partial charge in [0.05, 0.1) is 6.42 Å². The van der Waals surface area contributed by atoms with Gasteiger partial charge in [-0.3, -0.25) is 9.59 Å². The summed E-state index contributed by atoms with van der Waals surface area (Å²) in [6.45, 7) is 0.632. The van der Waals surface area contributed by atoms with Crippen LogP contribution >= 0.6 is 0 Å². The summed E-state index contributed by atoms with van der Waals surface area (Å²) < 4.78 is 5.50. The van der Waals surface area contributed by atoms with Gasteiger partial charge in [0.2, 0.25) is 5.91 Å². The Hall–Kier alpha value is -3.35. The van der Waals surface area contributed by atoms with E-state index in [1.807, 2.05) is 36.4 Å². The number of fused-ring (bicyclic) bond motifs is 3. The number of hydrogen-bond donors (Lipinski definition) is 3. The highest BCUT2D eigenvalue weighted by Crippen LogP contribution is 2.61. The number of aliphatic carboxylic acids is 1. The van der Waals surface area contributed by atoms with E-state index in [2.05, 4.69) is 22.8 Å². The minimum Gasteiger partial charge on any atom is -0.481 e. The Labute approximate surface area is 198 Å². The summed E-state index contributed by atoms with van der Waals surface area (Å²) in [6, 6.07) is 14.9. The average Bonchev–Trinajstić information content (AvgIpc) is 3.39. The smallest absolute Gasteiger partial charge is 0.407 e. The maximum Gasteiger partial charge on any atom is 0.407 e. The van der Waals surface area contributed by atoms with E-state index >= 15 is 0 Å². The Morgan fingerprint density at radius 1 is 1.00 bits per heavy atom. The van der Waals surface area contributed by atoms with Crippen molar-refractivity contribution in [2.24, 2.45) is 11.3 Å². The number of nitrogens with one attached hydrogen (secondary N) is 2. The molecule has 2 aromatic rings. The normalized spacial score (nSPS) is 20.3. The number of ether oxygens (including phenoxy) is 1. The first-order valence-corrected chi connectivity index (χ1v) is 12.1. The molecule has 3 aliphatic carbocycles. The molecule has 0 saturated heterocycles. The van der Waals surface area contributed by atoms with Crippen LogP contribution in [-0.2, 0) is 14.3 Å². The van der Waals surface area contributed by atoms with E-state index in [4.69, 9.17) is 4.74 Å². The van der Waals surface area contributed by atoms with Crippen LogP contribution in [-0.4, -0.2) is 42.3 Å². The molecule has 2 atom stereocenters. The van der Waals surface area contributed by atoms with Gasteiger partial charge in [-0.05, 0) is 59.3 Å². The molecule has 5 rings (SSSR count). The van der Waals surface area contributed by atoms with Gasteiger partial charge in [-0.2, -0.15) is 0 Å². The number of amides is 2. The third-order valence-electron chi connectivity index (χ3n) is 7.84. The van der Waals surface area contributed by atoms with E-state index in [9.17, 15) is 19.5 Å². The second kappa shape index (κ2) is 9.12. The van der Waals surface area contributed by atoms with E-state index in [0.717, 1.165) is 28.7 Å². The van der Waals surface area contributed by atoms with Crippen molar-refractivity contribution < 1.29 is 24.2 Å². The molecule has 0 aliphatic heterocycles. The van der Waals surface area contributed by atoms with E-state index in [0.29, 0.717) is 17.9 Å². The molecule has 2 unspecified atom stereocenters. The Kier molecular flexibility index (Phi) is 6.02. The van der Waals surface area contributed by atoms with Crippen molar-refractivity contribution in [1.29, 1.82) is 0 Å². The fourth-order valence-corrected chi connectivity index (χ4v) is 5.86. The predicted octanol–water partition coefficient (Wildman–Crippen LogP) is 4.06. The van der Waals surface area contributed by atoms with Crippen LogP contribution in [0.15, 0.2) is 48.5 Å². The first-order valence-electron chi connectivity index (χ1n) is 12.1. The zero-order valence-electron chi connectivity index (χ0n) is 19.1. The van der Waals surface area contributed by atoms with Crippen LogP contribution < -0.4 is 10.6 Å². The molecule has 0 heterocycles. The van der Waals surface area contributed by atoms with E-state index in [1.165, 1.54) is 25.7 Å². The Bertz CT molecular complexity index is 1060. The van der Waals surface area contributed by atoms with Gasteiger partial charge in [0.15, 0.2) is 0 Å². The summed E-state index contributed by atoms with van der Waals surface area (Å²) in [4.78, 5) is 36.7. The quantitative estimate of drug-likeness (QED) is 0.549. The molecule has 2 aromatic carbocycles. The van der Waals surface area contributed by atoms with Crippen LogP contribution in [0.3, 0.4) is 0 Å².